The molecule has 6 aromatic rings. The van der Waals surface area contributed by atoms with Crippen LogP contribution in [0.2, 0.25) is 0 Å². The van der Waals surface area contributed by atoms with E-state index in [-0.39, 0.29) is 64.3 Å². The van der Waals surface area contributed by atoms with E-state index in [1.165, 1.54) is 0 Å². The Bertz CT molecular complexity index is 2430. The van der Waals surface area contributed by atoms with Crippen LogP contribution in [0.5, 0.6) is 17.2 Å². The third kappa shape index (κ3) is 19.7. The van der Waals surface area contributed by atoms with Gasteiger partial charge in [-0.25, -0.2) is 9.59 Å². The second kappa shape index (κ2) is 29.6. The van der Waals surface area contributed by atoms with E-state index in [4.69, 9.17) is 23.7 Å². The maximum absolute atomic E-state index is 11.9. The Morgan fingerprint density at radius 3 is 1.16 bits per heavy atom. The quantitative estimate of drug-likeness (QED) is 0.0380. The fraction of sp³-hybridized carbons (Fsp3) is 0.296. The molecule has 0 fully saturated rings. The molecule has 0 unspecified atom stereocenters. The number of nitrogens with zero attached hydrogens (tertiary/aromatic N) is 3. The SMILES string of the molecule is CCC(=O)Oc1cc[c-]c(-c2ccccn2)c1.CCC(C)(C)C(=O)OCCNC(=O)Oc1cc[c-]c(-c2ccccn2)c1.CCC(C)(C)C(=O)OCCNC(=O)Oc1cc[c-]c(-c2ccccn2)c1.[Ir+3]. The first-order valence-electron chi connectivity index (χ1n) is 22.4. The van der Waals surface area contributed by atoms with Crippen LogP contribution in [0, 0.1) is 29.0 Å². The zero-order valence-electron chi connectivity index (χ0n) is 40.3. The molecule has 0 saturated heterocycles. The zero-order chi connectivity index (χ0) is 50.1. The van der Waals surface area contributed by atoms with Crippen LogP contribution in [0.1, 0.15) is 67.7 Å². The number of esters is 3. The van der Waals surface area contributed by atoms with Gasteiger partial charge in [-0.1, -0.05) is 57.2 Å². The van der Waals surface area contributed by atoms with Gasteiger partial charge in [-0.15, -0.1) is 89.5 Å². The molecule has 0 aliphatic carbocycles. The summed E-state index contributed by atoms with van der Waals surface area (Å²) in [5.41, 5.74) is 3.51. The first kappa shape index (κ1) is 57.0. The molecule has 0 bridgehead atoms. The van der Waals surface area contributed by atoms with Crippen LogP contribution in [-0.2, 0) is 44.0 Å². The largest absolute Gasteiger partial charge is 3.00 e. The topological polar surface area (TPSA) is 194 Å². The van der Waals surface area contributed by atoms with E-state index in [2.05, 4.69) is 43.8 Å². The monoisotopic (exact) mass is 1130 g/mol. The first-order chi connectivity index (χ1) is 33.1. The van der Waals surface area contributed by atoms with E-state index in [1.54, 1.807) is 80.1 Å². The van der Waals surface area contributed by atoms with Crippen molar-refractivity contribution in [3.05, 3.63) is 146 Å². The predicted octanol–water partition coefficient (Wildman–Crippen LogP) is 10.1. The Morgan fingerprint density at radius 2 is 0.857 bits per heavy atom. The Labute approximate surface area is 423 Å². The molecule has 15 nitrogen and oxygen atoms in total. The summed E-state index contributed by atoms with van der Waals surface area (Å²) in [6.45, 7) is 13.4. The van der Waals surface area contributed by atoms with Crippen molar-refractivity contribution < 1.29 is 67.8 Å². The molecule has 0 radical (unpaired) electrons. The number of hydrogen-bond donors (Lipinski definition) is 2. The predicted molar refractivity (Wildman–Crippen MR) is 260 cm³/mol. The second-order valence-electron chi connectivity index (χ2n) is 16.2. The van der Waals surface area contributed by atoms with Gasteiger partial charge in [-0.2, -0.15) is 0 Å². The summed E-state index contributed by atoms with van der Waals surface area (Å²) in [6.07, 6.45) is 5.58. The number of nitrogens with one attached hydrogen (secondary N) is 2. The van der Waals surface area contributed by atoms with E-state index in [0.29, 0.717) is 36.5 Å². The number of amides is 2. The molecule has 0 aliphatic heterocycles. The van der Waals surface area contributed by atoms with Gasteiger partial charge in [0.05, 0.1) is 41.2 Å². The number of rotatable bonds is 17. The number of benzene rings is 3. The summed E-state index contributed by atoms with van der Waals surface area (Å²) in [5, 5.41) is 5.10. The number of carbonyl (C=O) groups is 5. The van der Waals surface area contributed by atoms with Gasteiger partial charge in [-0.05, 0) is 75.8 Å². The van der Waals surface area contributed by atoms with Gasteiger partial charge in [0.25, 0.3) is 0 Å². The Morgan fingerprint density at radius 1 is 0.514 bits per heavy atom. The van der Waals surface area contributed by atoms with Gasteiger partial charge in [-0.3, -0.25) is 14.4 Å². The van der Waals surface area contributed by atoms with Gasteiger partial charge in [0.15, 0.2) is 0 Å². The smallest absolute Gasteiger partial charge is 0.463 e. The molecular formula is C54H58IrN5O10. The van der Waals surface area contributed by atoms with Crippen molar-refractivity contribution >= 4 is 30.1 Å². The van der Waals surface area contributed by atoms with Crippen molar-refractivity contribution in [1.82, 2.24) is 25.6 Å². The normalized spacial score (nSPS) is 10.5. The van der Waals surface area contributed by atoms with Crippen molar-refractivity contribution in [2.45, 2.75) is 67.7 Å². The minimum Gasteiger partial charge on any atom is -0.463 e. The van der Waals surface area contributed by atoms with E-state index in [0.717, 1.165) is 33.8 Å². The van der Waals surface area contributed by atoms with E-state index < -0.39 is 23.0 Å². The number of hydrogen-bond acceptors (Lipinski definition) is 13. The summed E-state index contributed by atoms with van der Waals surface area (Å²) >= 11 is 0. The minimum atomic E-state index is -0.617. The molecule has 368 valence electrons. The fourth-order valence-electron chi connectivity index (χ4n) is 5.30. The third-order valence-corrected chi connectivity index (χ3v) is 10.2. The summed E-state index contributed by atoms with van der Waals surface area (Å²) in [5.74, 6) is 0.471. The fourth-order valence-corrected chi connectivity index (χ4v) is 5.30. The molecular weight excluding hydrogens is 1070 g/mol. The zero-order valence-corrected chi connectivity index (χ0v) is 42.7. The molecule has 0 atom stereocenters. The van der Waals surface area contributed by atoms with Crippen molar-refractivity contribution in [2.75, 3.05) is 26.3 Å². The van der Waals surface area contributed by atoms with Crippen LogP contribution in [-0.4, -0.2) is 71.3 Å². The van der Waals surface area contributed by atoms with E-state index in [1.807, 2.05) is 96.1 Å². The standard InChI is InChI=1S/2C20H23N2O4.C14H12NO2.Ir/c2*1-4-20(2,3)18(23)25-13-12-22-19(24)26-16-9-7-8-15(14-16)17-10-5-6-11-21-17;1-2-14(16)17-12-7-5-6-11(10-12)13-8-3-4-9-15-13;/h2*5-7,9-11,14H,4,12-13H2,1-3H3,(H,22,24);3-5,7-10H,2H2,1H3;/q3*-1;+3. The number of ether oxygens (including phenoxy) is 5. The van der Waals surface area contributed by atoms with Crippen LogP contribution < -0.4 is 24.8 Å². The number of aromatic nitrogens is 3. The Kier molecular flexibility index (Phi) is 24.1. The molecule has 2 N–H and O–H groups in total. The molecule has 0 saturated carbocycles. The van der Waals surface area contributed by atoms with Gasteiger partial charge in [0.1, 0.15) is 13.2 Å². The second-order valence-corrected chi connectivity index (χ2v) is 16.2. The van der Waals surface area contributed by atoms with Crippen LogP contribution in [0.15, 0.2) is 128 Å². The molecule has 16 heteroatoms. The Hall–Kier alpha value is -7.29. The summed E-state index contributed by atoms with van der Waals surface area (Å²) in [6, 6.07) is 41.1. The summed E-state index contributed by atoms with van der Waals surface area (Å²) in [4.78, 5) is 71.2. The molecule has 2 amide bonds. The van der Waals surface area contributed by atoms with E-state index >= 15 is 0 Å². The molecule has 3 aromatic carbocycles. The van der Waals surface area contributed by atoms with Crippen LogP contribution in [0.4, 0.5) is 9.59 Å². The summed E-state index contributed by atoms with van der Waals surface area (Å²) < 4.78 is 25.9. The van der Waals surface area contributed by atoms with E-state index in [9.17, 15) is 24.0 Å². The number of pyridine rings is 3. The average Bonchev–Trinajstić information content (AvgIpc) is 3.37. The Balaban J connectivity index is 0.000000282. The van der Waals surface area contributed by atoms with Crippen molar-refractivity contribution in [3.8, 4) is 51.0 Å². The summed E-state index contributed by atoms with van der Waals surface area (Å²) in [7, 11) is 0. The van der Waals surface area contributed by atoms with Gasteiger partial charge < -0.3 is 49.3 Å². The van der Waals surface area contributed by atoms with Gasteiger partial charge >= 0.3 is 50.2 Å². The molecule has 3 heterocycles. The first-order valence-corrected chi connectivity index (χ1v) is 22.4. The number of carbonyl (C=O) groups excluding carboxylic acids is 5. The van der Waals surface area contributed by atoms with Crippen LogP contribution >= 0.6 is 0 Å². The third-order valence-electron chi connectivity index (χ3n) is 10.2. The molecule has 6 rings (SSSR count). The molecule has 0 aliphatic rings. The maximum Gasteiger partial charge on any atom is 3.00 e. The van der Waals surface area contributed by atoms with Crippen molar-refractivity contribution in [1.29, 1.82) is 0 Å². The molecule has 0 spiro atoms. The van der Waals surface area contributed by atoms with Gasteiger partial charge in [0.2, 0.25) is 0 Å². The van der Waals surface area contributed by atoms with Crippen molar-refractivity contribution in [2.24, 2.45) is 10.8 Å². The molecule has 3 aromatic heterocycles. The maximum atomic E-state index is 11.9. The molecule has 70 heavy (non-hydrogen) atoms. The van der Waals surface area contributed by atoms with Crippen LogP contribution in [0.3, 0.4) is 0 Å². The van der Waals surface area contributed by atoms with Crippen LogP contribution in [0.25, 0.3) is 33.8 Å². The van der Waals surface area contributed by atoms with Crippen molar-refractivity contribution in [3.63, 3.8) is 0 Å². The minimum absolute atomic E-state index is 0. The average molecular weight is 1130 g/mol. The van der Waals surface area contributed by atoms with Gasteiger partial charge in [0, 0.05) is 25.0 Å².